The van der Waals surface area contributed by atoms with Crippen molar-refractivity contribution in [3.05, 3.63) is 23.9 Å². The summed E-state index contributed by atoms with van der Waals surface area (Å²) in [4.78, 5) is 10.7. The van der Waals surface area contributed by atoms with Gasteiger partial charge in [0, 0.05) is 5.70 Å². The van der Waals surface area contributed by atoms with Gasteiger partial charge in [-0.2, -0.15) is 0 Å². The fourth-order valence-corrected chi connectivity index (χ4v) is 0.424. The van der Waals surface area contributed by atoms with Crippen molar-refractivity contribution in [2.24, 2.45) is 5.73 Å². The molecule has 0 unspecified atom stereocenters. The minimum atomic E-state index is -0.419. The first-order chi connectivity index (χ1) is 4.63. The molecule has 0 spiro atoms. The average Bonchev–Trinajstić information content (AvgIpc) is 2.00. The van der Waals surface area contributed by atoms with Crippen LogP contribution in [0.5, 0.6) is 0 Å². The Balaban J connectivity index is 4.45. The van der Waals surface area contributed by atoms with Gasteiger partial charge in [-0.05, 0) is 13.0 Å². The van der Waals surface area contributed by atoms with Crippen LogP contribution in [-0.4, -0.2) is 13.1 Å². The van der Waals surface area contributed by atoms with Crippen LogP contribution in [0.15, 0.2) is 23.9 Å². The molecule has 0 aliphatic rings. The first-order valence-electron chi connectivity index (χ1n) is 2.80. The number of methoxy groups -OCH3 is 1. The molecule has 0 saturated heterocycles. The molecule has 0 bridgehead atoms. The molecule has 0 amide bonds. The Bertz CT molecular complexity index is 182. The maximum absolute atomic E-state index is 10.7. The summed E-state index contributed by atoms with van der Waals surface area (Å²) in [5.41, 5.74) is 6.09. The molecule has 0 atom stereocenters. The van der Waals surface area contributed by atoms with Crippen LogP contribution in [0.1, 0.15) is 6.92 Å². The van der Waals surface area contributed by atoms with Gasteiger partial charge in [-0.1, -0.05) is 6.58 Å². The second-order valence-electron chi connectivity index (χ2n) is 1.78. The number of ether oxygens (including phenoxy) is 1. The van der Waals surface area contributed by atoms with E-state index in [1.807, 2.05) is 0 Å². The molecule has 0 aromatic rings. The average molecular weight is 141 g/mol. The number of rotatable bonds is 2. The third kappa shape index (κ3) is 1.93. The minimum absolute atomic E-state index is 0.354. The number of hydrogen-bond acceptors (Lipinski definition) is 3. The maximum atomic E-state index is 10.7. The quantitative estimate of drug-likeness (QED) is 0.347. The normalized spacial score (nSPS) is 11.8. The van der Waals surface area contributed by atoms with Gasteiger partial charge in [0.05, 0.1) is 12.7 Å². The summed E-state index contributed by atoms with van der Waals surface area (Å²) in [5, 5.41) is 0. The van der Waals surface area contributed by atoms with Gasteiger partial charge in [-0.25, -0.2) is 4.79 Å². The van der Waals surface area contributed by atoms with Gasteiger partial charge in [0.1, 0.15) is 0 Å². The standard InChI is InChI=1S/C7H11NO2/c1-4-6(8)5(2)7(9)10-3/h4H,1,8H2,2-3H3/b6-5-. The van der Waals surface area contributed by atoms with Crippen molar-refractivity contribution in [3.63, 3.8) is 0 Å². The fraction of sp³-hybridized carbons (Fsp3) is 0.286. The van der Waals surface area contributed by atoms with Gasteiger partial charge in [0.2, 0.25) is 0 Å². The SMILES string of the molecule is C=C/C(N)=C(\C)C(=O)OC. The van der Waals surface area contributed by atoms with E-state index in [9.17, 15) is 4.79 Å². The van der Waals surface area contributed by atoms with Crippen molar-refractivity contribution in [1.29, 1.82) is 0 Å². The van der Waals surface area contributed by atoms with E-state index in [4.69, 9.17) is 5.73 Å². The highest BCUT2D eigenvalue weighted by atomic mass is 16.5. The van der Waals surface area contributed by atoms with Crippen molar-refractivity contribution in [2.75, 3.05) is 7.11 Å². The molecule has 0 aliphatic carbocycles. The van der Waals surface area contributed by atoms with Crippen LogP contribution in [0.3, 0.4) is 0 Å². The van der Waals surface area contributed by atoms with Crippen LogP contribution >= 0.6 is 0 Å². The van der Waals surface area contributed by atoms with Crippen LogP contribution in [0.4, 0.5) is 0 Å². The lowest BCUT2D eigenvalue weighted by atomic mass is 10.2. The second-order valence-corrected chi connectivity index (χ2v) is 1.78. The van der Waals surface area contributed by atoms with E-state index in [1.165, 1.54) is 13.2 Å². The highest BCUT2D eigenvalue weighted by Crippen LogP contribution is 1.99. The van der Waals surface area contributed by atoms with E-state index < -0.39 is 5.97 Å². The lowest BCUT2D eigenvalue weighted by Crippen LogP contribution is -2.08. The number of nitrogens with two attached hydrogens (primary N) is 1. The fourth-order valence-electron chi connectivity index (χ4n) is 0.424. The van der Waals surface area contributed by atoms with Crippen LogP contribution in [0, 0.1) is 0 Å². The third-order valence-corrected chi connectivity index (χ3v) is 1.14. The van der Waals surface area contributed by atoms with Crippen LogP contribution in [0.2, 0.25) is 0 Å². The molecule has 0 heterocycles. The predicted molar refractivity (Wildman–Crippen MR) is 39.1 cm³/mol. The van der Waals surface area contributed by atoms with Gasteiger partial charge < -0.3 is 10.5 Å². The Morgan fingerprint density at radius 3 is 2.50 bits per heavy atom. The lowest BCUT2D eigenvalue weighted by Gasteiger charge is -1.99. The Labute approximate surface area is 60.2 Å². The molecule has 0 aromatic heterocycles. The summed E-state index contributed by atoms with van der Waals surface area (Å²) >= 11 is 0. The molecule has 10 heavy (non-hydrogen) atoms. The molecule has 0 fully saturated rings. The zero-order chi connectivity index (χ0) is 8.15. The molecular formula is C7H11NO2. The molecule has 0 aromatic carbocycles. The van der Waals surface area contributed by atoms with Crippen molar-refractivity contribution in [3.8, 4) is 0 Å². The third-order valence-electron chi connectivity index (χ3n) is 1.14. The summed E-state index contributed by atoms with van der Waals surface area (Å²) in [6, 6.07) is 0. The first-order valence-corrected chi connectivity index (χ1v) is 2.80. The van der Waals surface area contributed by atoms with E-state index in [0.717, 1.165) is 0 Å². The second kappa shape index (κ2) is 3.71. The Morgan fingerprint density at radius 2 is 2.20 bits per heavy atom. The van der Waals surface area contributed by atoms with Gasteiger partial charge in [0.25, 0.3) is 0 Å². The molecule has 3 heteroatoms. The molecule has 0 radical (unpaired) electrons. The van der Waals surface area contributed by atoms with E-state index in [2.05, 4.69) is 11.3 Å². The molecule has 0 saturated carbocycles. The van der Waals surface area contributed by atoms with Crippen LogP contribution in [-0.2, 0) is 9.53 Å². The monoisotopic (exact) mass is 141 g/mol. The Morgan fingerprint density at radius 1 is 1.70 bits per heavy atom. The number of carbonyl (C=O) groups is 1. The largest absolute Gasteiger partial charge is 0.466 e. The number of carbonyl (C=O) groups excluding carboxylic acids is 1. The smallest absolute Gasteiger partial charge is 0.335 e. The minimum Gasteiger partial charge on any atom is -0.466 e. The number of hydrogen-bond donors (Lipinski definition) is 1. The number of esters is 1. The molecule has 0 aliphatic heterocycles. The van der Waals surface area contributed by atoms with E-state index in [0.29, 0.717) is 11.3 Å². The molecule has 3 nitrogen and oxygen atoms in total. The molecule has 56 valence electrons. The van der Waals surface area contributed by atoms with E-state index >= 15 is 0 Å². The van der Waals surface area contributed by atoms with Crippen molar-refractivity contribution >= 4 is 5.97 Å². The predicted octanol–water partition coefficient (Wildman–Crippen LogP) is 0.578. The summed E-state index contributed by atoms with van der Waals surface area (Å²) < 4.78 is 4.41. The lowest BCUT2D eigenvalue weighted by molar-refractivity contribution is -0.136. The van der Waals surface area contributed by atoms with Crippen molar-refractivity contribution in [2.45, 2.75) is 6.92 Å². The van der Waals surface area contributed by atoms with Gasteiger partial charge in [-0.15, -0.1) is 0 Å². The summed E-state index contributed by atoms with van der Waals surface area (Å²) in [6.45, 7) is 4.99. The highest BCUT2D eigenvalue weighted by molar-refractivity contribution is 5.88. The zero-order valence-electron chi connectivity index (χ0n) is 6.18. The molecular weight excluding hydrogens is 130 g/mol. The van der Waals surface area contributed by atoms with Gasteiger partial charge in [-0.3, -0.25) is 0 Å². The van der Waals surface area contributed by atoms with Crippen molar-refractivity contribution in [1.82, 2.24) is 0 Å². The van der Waals surface area contributed by atoms with Crippen LogP contribution in [0.25, 0.3) is 0 Å². The number of allylic oxidation sites excluding steroid dienone is 1. The molecule has 2 N–H and O–H groups in total. The van der Waals surface area contributed by atoms with E-state index in [1.54, 1.807) is 6.92 Å². The summed E-state index contributed by atoms with van der Waals surface area (Å²) in [7, 11) is 1.31. The topological polar surface area (TPSA) is 52.3 Å². The first kappa shape index (κ1) is 8.75. The van der Waals surface area contributed by atoms with Gasteiger partial charge in [0.15, 0.2) is 0 Å². The van der Waals surface area contributed by atoms with E-state index in [-0.39, 0.29) is 0 Å². The Hall–Kier alpha value is -1.25. The van der Waals surface area contributed by atoms with Gasteiger partial charge >= 0.3 is 5.97 Å². The summed E-state index contributed by atoms with van der Waals surface area (Å²) in [6.07, 6.45) is 1.41. The Kier molecular flexibility index (Phi) is 3.25. The molecule has 0 rings (SSSR count). The maximum Gasteiger partial charge on any atom is 0.335 e. The summed E-state index contributed by atoms with van der Waals surface area (Å²) in [5.74, 6) is -0.419. The zero-order valence-corrected chi connectivity index (χ0v) is 6.18. The van der Waals surface area contributed by atoms with Crippen LogP contribution < -0.4 is 5.73 Å². The highest BCUT2D eigenvalue weighted by Gasteiger charge is 2.04. The van der Waals surface area contributed by atoms with Crippen molar-refractivity contribution < 1.29 is 9.53 Å².